The number of aromatic carboxylic acids is 1. The maximum absolute atomic E-state index is 14.0. The molecule has 0 atom stereocenters. The summed E-state index contributed by atoms with van der Waals surface area (Å²) in [6, 6.07) is 6.95. The van der Waals surface area contributed by atoms with E-state index in [4.69, 9.17) is 11.6 Å². The highest BCUT2D eigenvalue weighted by atomic mass is 35.5. The van der Waals surface area contributed by atoms with Crippen LogP contribution >= 0.6 is 11.6 Å². The predicted molar refractivity (Wildman–Crippen MR) is 81.9 cm³/mol. The fraction of sp³-hybridized carbons (Fsp3) is 0. The summed E-state index contributed by atoms with van der Waals surface area (Å²) in [5, 5.41) is 9.54. The number of carbonyl (C=O) groups is 1. The number of halogens is 3. The molecule has 116 valence electrons. The number of aromatic nitrogens is 1. The molecule has 0 spiro atoms. The first-order chi connectivity index (χ1) is 10.9. The molecule has 0 aliphatic carbocycles. The van der Waals surface area contributed by atoms with Crippen LogP contribution in [0.25, 0.3) is 22.2 Å². The van der Waals surface area contributed by atoms with E-state index in [2.05, 4.69) is 4.98 Å². The third-order valence-electron chi connectivity index (χ3n) is 3.40. The van der Waals surface area contributed by atoms with Crippen LogP contribution in [0.2, 0.25) is 5.02 Å². The van der Waals surface area contributed by atoms with Crippen molar-refractivity contribution in [2.45, 2.75) is 0 Å². The molecule has 1 heterocycles. The lowest BCUT2D eigenvalue weighted by Crippen LogP contribution is -2.18. The maximum Gasteiger partial charge on any atom is 0.341 e. The van der Waals surface area contributed by atoms with Gasteiger partial charge in [0.05, 0.1) is 16.2 Å². The predicted octanol–water partition coefficient (Wildman–Crippen LogP) is 3.82. The molecule has 2 aromatic carbocycles. The fourth-order valence-corrected chi connectivity index (χ4v) is 2.59. The number of carboxylic acids is 1. The van der Waals surface area contributed by atoms with Crippen molar-refractivity contribution in [1.29, 1.82) is 0 Å². The summed E-state index contributed by atoms with van der Waals surface area (Å²) >= 11 is 6.01. The van der Waals surface area contributed by atoms with E-state index in [1.165, 1.54) is 18.2 Å². The summed E-state index contributed by atoms with van der Waals surface area (Å²) in [5.41, 5.74) is -2.04. The number of rotatable bonds is 2. The van der Waals surface area contributed by atoms with Gasteiger partial charge in [-0.15, -0.1) is 0 Å². The third kappa shape index (κ3) is 2.47. The Morgan fingerprint density at radius 3 is 2.61 bits per heavy atom. The Kier molecular flexibility index (Phi) is 3.61. The molecule has 2 N–H and O–H groups in total. The van der Waals surface area contributed by atoms with E-state index in [1.54, 1.807) is 0 Å². The van der Waals surface area contributed by atoms with Crippen molar-refractivity contribution in [2.24, 2.45) is 0 Å². The summed E-state index contributed by atoms with van der Waals surface area (Å²) in [7, 11) is 0. The number of hydrogen-bond acceptors (Lipinski definition) is 2. The number of benzene rings is 2. The summed E-state index contributed by atoms with van der Waals surface area (Å²) in [4.78, 5) is 26.6. The van der Waals surface area contributed by atoms with Gasteiger partial charge in [-0.3, -0.25) is 4.79 Å². The number of carboxylic acid groups (broad SMARTS) is 1. The molecule has 0 saturated carbocycles. The van der Waals surface area contributed by atoms with Crippen molar-refractivity contribution < 1.29 is 18.7 Å². The number of para-hydroxylation sites is 1. The Balaban J connectivity index is 2.51. The Bertz CT molecular complexity index is 1010. The zero-order chi connectivity index (χ0) is 16.7. The summed E-state index contributed by atoms with van der Waals surface area (Å²) in [6.07, 6.45) is 0. The lowest BCUT2D eigenvalue weighted by molar-refractivity contribution is 0.0696. The molecule has 0 unspecified atom stereocenters. The van der Waals surface area contributed by atoms with Gasteiger partial charge in [-0.25, -0.2) is 13.6 Å². The Labute approximate surface area is 133 Å². The maximum atomic E-state index is 14.0. The molecule has 23 heavy (non-hydrogen) atoms. The van der Waals surface area contributed by atoms with Crippen molar-refractivity contribution in [3.8, 4) is 11.3 Å². The second kappa shape index (κ2) is 5.48. The number of nitrogens with one attached hydrogen (secondary N) is 1. The van der Waals surface area contributed by atoms with Crippen LogP contribution in [0.4, 0.5) is 8.78 Å². The summed E-state index contributed by atoms with van der Waals surface area (Å²) in [6.45, 7) is 0. The van der Waals surface area contributed by atoms with Gasteiger partial charge in [-0.2, -0.15) is 0 Å². The first-order valence-corrected chi connectivity index (χ1v) is 6.81. The van der Waals surface area contributed by atoms with Crippen LogP contribution in [0, 0.1) is 11.6 Å². The third-order valence-corrected chi connectivity index (χ3v) is 3.71. The zero-order valence-corrected chi connectivity index (χ0v) is 12.1. The highest BCUT2D eigenvalue weighted by molar-refractivity contribution is 6.35. The smallest absolute Gasteiger partial charge is 0.341 e. The van der Waals surface area contributed by atoms with Crippen LogP contribution in [0.15, 0.2) is 41.2 Å². The standard InChI is InChI=1S/C16H8ClF2NO3/c17-10-3-1-2-8-13(10)20-14(12(15(8)21)16(22)23)9-6-7(18)4-5-11(9)19/h1-6H,(H,20,21)(H,22,23). The van der Waals surface area contributed by atoms with E-state index in [9.17, 15) is 23.5 Å². The van der Waals surface area contributed by atoms with Gasteiger partial charge in [0.15, 0.2) is 0 Å². The van der Waals surface area contributed by atoms with Crippen LogP contribution in [0.5, 0.6) is 0 Å². The highest BCUT2D eigenvalue weighted by Gasteiger charge is 2.22. The SMILES string of the molecule is O=C(O)c1c(-c2cc(F)ccc2F)[nH]c2c(Cl)cccc2c1=O. The van der Waals surface area contributed by atoms with Gasteiger partial charge in [0.1, 0.15) is 17.2 Å². The Morgan fingerprint density at radius 2 is 1.91 bits per heavy atom. The van der Waals surface area contributed by atoms with Gasteiger partial charge in [-0.05, 0) is 30.3 Å². The molecule has 0 amide bonds. The average Bonchev–Trinajstić information content (AvgIpc) is 2.50. The minimum atomic E-state index is -1.55. The van der Waals surface area contributed by atoms with Gasteiger partial charge < -0.3 is 10.1 Å². The second-order valence-corrected chi connectivity index (χ2v) is 5.20. The monoisotopic (exact) mass is 335 g/mol. The van der Waals surface area contributed by atoms with Crippen molar-refractivity contribution >= 4 is 28.5 Å². The summed E-state index contributed by atoms with van der Waals surface area (Å²) < 4.78 is 27.4. The van der Waals surface area contributed by atoms with Crippen LogP contribution in [-0.4, -0.2) is 16.1 Å². The van der Waals surface area contributed by atoms with Gasteiger partial charge in [0.25, 0.3) is 0 Å². The zero-order valence-electron chi connectivity index (χ0n) is 11.4. The molecule has 0 saturated heterocycles. The molecule has 4 nitrogen and oxygen atoms in total. The minimum absolute atomic E-state index is 0.0514. The van der Waals surface area contributed by atoms with Crippen LogP contribution in [0.1, 0.15) is 10.4 Å². The highest BCUT2D eigenvalue weighted by Crippen LogP contribution is 2.28. The minimum Gasteiger partial charge on any atom is -0.477 e. The second-order valence-electron chi connectivity index (χ2n) is 4.80. The largest absolute Gasteiger partial charge is 0.477 e. The number of H-pyrrole nitrogens is 1. The molecule has 0 bridgehead atoms. The quantitative estimate of drug-likeness (QED) is 0.748. The number of hydrogen-bond donors (Lipinski definition) is 2. The van der Waals surface area contributed by atoms with Crippen LogP contribution in [0.3, 0.4) is 0 Å². The molecule has 3 rings (SSSR count). The van der Waals surface area contributed by atoms with Crippen molar-refractivity contribution in [1.82, 2.24) is 4.98 Å². The van der Waals surface area contributed by atoms with E-state index in [0.717, 1.165) is 18.2 Å². The number of aromatic amines is 1. The Morgan fingerprint density at radius 1 is 1.17 bits per heavy atom. The van der Waals surface area contributed by atoms with Crippen LogP contribution < -0.4 is 5.43 Å². The van der Waals surface area contributed by atoms with Gasteiger partial charge in [-0.1, -0.05) is 17.7 Å². The molecule has 3 aromatic rings. The molecular formula is C16H8ClF2NO3. The molecule has 0 fully saturated rings. The van der Waals surface area contributed by atoms with Crippen molar-refractivity contribution in [3.63, 3.8) is 0 Å². The molecule has 1 aromatic heterocycles. The average molecular weight is 336 g/mol. The van der Waals surface area contributed by atoms with Gasteiger partial charge in [0.2, 0.25) is 5.43 Å². The molecule has 0 aliphatic heterocycles. The van der Waals surface area contributed by atoms with Crippen molar-refractivity contribution in [3.05, 3.63) is 68.8 Å². The molecule has 0 aliphatic rings. The lowest BCUT2D eigenvalue weighted by Gasteiger charge is -2.10. The van der Waals surface area contributed by atoms with Gasteiger partial charge in [0, 0.05) is 10.9 Å². The van der Waals surface area contributed by atoms with E-state index in [0.29, 0.717) is 0 Å². The Hall–Kier alpha value is -2.73. The topological polar surface area (TPSA) is 70.2 Å². The van der Waals surface area contributed by atoms with Gasteiger partial charge >= 0.3 is 5.97 Å². The van der Waals surface area contributed by atoms with Crippen LogP contribution in [-0.2, 0) is 0 Å². The first kappa shape index (κ1) is 15.2. The van der Waals surface area contributed by atoms with E-state index >= 15 is 0 Å². The normalized spacial score (nSPS) is 10.9. The van der Waals surface area contributed by atoms with Crippen molar-refractivity contribution in [2.75, 3.05) is 0 Å². The molecule has 7 heteroatoms. The van der Waals surface area contributed by atoms with E-state index in [1.807, 2.05) is 0 Å². The lowest BCUT2D eigenvalue weighted by atomic mass is 10.0. The van der Waals surface area contributed by atoms with E-state index < -0.39 is 28.6 Å². The molecule has 0 radical (unpaired) electrons. The first-order valence-electron chi connectivity index (χ1n) is 6.43. The molecular weight excluding hydrogens is 328 g/mol. The number of pyridine rings is 1. The fourth-order valence-electron chi connectivity index (χ4n) is 2.37. The summed E-state index contributed by atoms with van der Waals surface area (Å²) in [5.74, 6) is -3.18. The van der Waals surface area contributed by atoms with E-state index in [-0.39, 0.29) is 27.2 Å². The number of fused-ring (bicyclic) bond motifs is 1.